The SMILES string of the molecule is Cn1c(-c2cc(OCCCCCCOc3cc(Br)c(OCCCCCCOc4cc(-c5nc6ccccc6n5C)nc(-c5nc6ccccc6n5C)c4)cc3Br)cc(-c3nc4ccccc4n3C)n2)nc2ccccc21. The first kappa shape index (κ1) is 50.6. The molecule has 0 spiro atoms. The van der Waals surface area contributed by atoms with Crippen molar-refractivity contribution in [2.75, 3.05) is 26.4 Å². The van der Waals surface area contributed by atoms with E-state index in [2.05, 4.69) is 74.4 Å². The Kier molecular flexibility index (Phi) is 15.1. The zero-order valence-electron chi connectivity index (χ0n) is 43.0. The van der Waals surface area contributed by atoms with Gasteiger partial charge in [0.1, 0.15) is 45.8 Å². The molecular weight excluding hydrogens is 1080 g/mol. The number of fused-ring (bicyclic) bond motifs is 4. The van der Waals surface area contributed by atoms with Crippen LogP contribution in [0.25, 0.3) is 90.2 Å². The van der Waals surface area contributed by atoms with Crippen molar-refractivity contribution in [3.05, 3.63) is 142 Å². The van der Waals surface area contributed by atoms with Gasteiger partial charge in [0.05, 0.1) is 79.5 Å². The molecule has 0 aliphatic rings. The minimum Gasteiger partial charge on any atom is -0.493 e. The molecule has 0 radical (unpaired) electrons. The molecule has 11 rings (SSSR count). The Morgan fingerprint density at radius 3 is 0.868 bits per heavy atom. The van der Waals surface area contributed by atoms with E-state index in [1.807, 2.05) is 137 Å². The van der Waals surface area contributed by atoms with Gasteiger partial charge in [-0.3, -0.25) is 0 Å². The summed E-state index contributed by atoms with van der Waals surface area (Å²) in [5.74, 6) is 6.14. The van der Waals surface area contributed by atoms with Gasteiger partial charge in [0.2, 0.25) is 0 Å². The minimum absolute atomic E-state index is 0.578. The molecule has 0 aliphatic heterocycles. The van der Waals surface area contributed by atoms with Crippen molar-refractivity contribution < 1.29 is 18.9 Å². The van der Waals surface area contributed by atoms with Crippen LogP contribution >= 0.6 is 31.9 Å². The summed E-state index contributed by atoms with van der Waals surface area (Å²) in [7, 11) is 8.09. The lowest BCUT2D eigenvalue weighted by molar-refractivity contribution is 0.281. The first-order chi connectivity index (χ1) is 37.2. The van der Waals surface area contributed by atoms with E-state index >= 15 is 0 Å². The summed E-state index contributed by atoms with van der Waals surface area (Å²) in [5.41, 5.74) is 10.8. The smallest absolute Gasteiger partial charge is 0.159 e. The average molecular weight is 1140 g/mol. The number of hydrogen-bond donors (Lipinski definition) is 0. The van der Waals surface area contributed by atoms with Crippen LogP contribution in [0.2, 0.25) is 0 Å². The van der Waals surface area contributed by atoms with Crippen molar-refractivity contribution in [3.8, 4) is 69.1 Å². The van der Waals surface area contributed by atoms with Crippen LogP contribution in [-0.2, 0) is 28.2 Å². The highest BCUT2D eigenvalue weighted by Crippen LogP contribution is 2.37. The van der Waals surface area contributed by atoms with Crippen molar-refractivity contribution in [2.45, 2.75) is 51.4 Å². The molecule has 0 bridgehead atoms. The first-order valence-electron chi connectivity index (χ1n) is 25.9. The summed E-state index contributed by atoms with van der Waals surface area (Å²) >= 11 is 7.43. The van der Waals surface area contributed by atoms with Gasteiger partial charge < -0.3 is 37.2 Å². The first-order valence-corrected chi connectivity index (χ1v) is 27.5. The van der Waals surface area contributed by atoms with Gasteiger partial charge in [-0.15, -0.1) is 0 Å². The monoisotopic (exact) mass is 1140 g/mol. The maximum Gasteiger partial charge on any atom is 0.159 e. The van der Waals surface area contributed by atoms with E-state index in [9.17, 15) is 0 Å². The molecule has 76 heavy (non-hydrogen) atoms. The third kappa shape index (κ3) is 10.8. The van der Waals surface area contributed by atoms with E-state index in [0.717, 1.165) is 174 Å². The Morgan fingerprint density at radius 2 is 0.592 bits per heavy atom. The third-order valence-corrected chi connectivity index (χ3v) is 15.0. The van der Waals surface area contributed by atoms with Crippen LogP contribution in [0.5, 0.6) is 23.0 Å². The molecule has 386 valence electrons. The van der Waals surface area contributed by atoms with E-state index in [4.69, 9.17) is 48.9 Å². The summed E-state index contributed by atoms with van der Waals surface area (Å²) in [6, 6.07) is 44.4. The van der Waals surface area contributed by atoms with E-state index in [-0.39, 0.29) is 0 Å². The molecule has 0 amide bonds. The lowest BCUT2D eigenvalue weighted by atomic mass is 10.2. The quantitative estimate of drug-likeness (QED) is 0.0604. The Bertz CT molecular complexity index is 3420. The molecule has 14 nitrogen and oxygen atoms in total. The number of benzene rings is 5. The van der Waals surface area contributed by atoms with Gasteiger partial charge in [-0.1, -0.05) is 48.5 Å². The summed E-state index contributed by atoms with van der Waals surface area (Å²) < 4.78 is 35.3. The summed E-state index contributed by atoms with van der Waals surface area (Å²) in [6.07, 6.45) is 7.71. The molecule has 0 aliphatic carbocycles. The predicted octanol–water partition coefficient (Wildman–Crippen LogP) is 14.3. The normalized spacial score (nSPS) is 11.7. The number of unbranched alkanes of at least 4 members (excludes halogenated alkanes) is 6. The maximum atomic E-state index is 6.42. The molecule has 11 aromatic rings. The highest BCUT2D eigenvalue weighted by atomic mass is 79.9. The summed E-state index contributed by atoms with van der Waals surface area (Å²) in [5, 5.41) is 0. The molecule has 0 saturated heterocycles. The van der Waals surface area contributed by atoms with Crippen LogP contribution in [0.3, 0.4) is 0 Å². The minimum atomic E-state index is 0.578. The van der Waals surface area contributed by atoms with Gasteiger partial charge in [-0.25, -0.2) is 29.9 Å². The largest absolute Gasteiger partial charge is 0.493 e. The van der Waals surface area contributed by atoms with Crippen LogP contribution in [0.4, 0.5) is 0 Å². The number of imidazole rings is 4. The number of halogens is 2. The van der Waals surface area contributed by atoms with Crippen molar-refractivity contribution in [3.63, 3.8) is 0 Å². The molecule has 6 aromatic heterocycles. The van der Waals surface area contributed by atoms with E-state index < -0.39 is 0 Å². The Morgan fingerprint density at radius 1 is 0.329 bits per heavy atom. The Hall–Kier alpha value is -7.56. The molecule has 6 heterocycles. The Labute approximate surface area is 458 Å². The van der Waals surface area contributed by atoms with E-state index in [0.29, 0.717) is 26.4 Å². The van der Waals surface area contributed by atoms with Gasteiger partial charge in [-0.05, 0) is 144 Å². The molecule has 5 aromatic carbocycles. The predicted molar refractivity (Wildman–Crippen MR) is 308 cm³/mol. The highest BCUT2D eigenvalue weighted by Gasteiger charge is 2.20. The van der Waals surface area contributed by atoms with Gasteiger partial charge in [0, 0.05) is 52.5 Å². The molecule has 0 unspecified atom stereocenters. The van der Waals surface area contributed by atoms with Gasteiger partial charge in [0.25, 0.3) is 0 Å². The third-order valence-electron chi connectivity index (χ3n) is 13.8. The van der Waals surface area contributed by atoms with Crippen LogP contribution in [-0.4, -0.2) is 74.6 Å². The van der Waals surface area contributed by atoms with Crippen LogP contribution < -0.4 is 18.9 Å². The number of pyridine rings is 2. The number of aromatic nitrogens is 10. The van der Waals surface area contributed by atoms with Gasteiger partial charge >= 0.3 is 0 Å². The number of para-hydroxylation sites is 8. The molecule has 0 atom stereocenters. The molecular formula is C60H58Br2N10O4. The molecule has 0 N–H and O–H groups in total. The maximum absolute atomic E-state index is 6.42. The second kappa shape index (κ2) is 22.7. The Balaban J connectivity index is 0.623. The van der Waals surface area contributed by atoms with E-state index in [1.54, 1.807) is 0 Å². The summed E-state index contributed by atoms with van der Waals surface area (Å²) in [4.78, 5) is 29.9. The van der Waals surface area contributed by atoms with Crippen LogP contribution in [0.15, 0.2) is 142 Å². The van der Waals surface area contributed by atoms with Crippen molar-refractivity contribution in [1.29, 1.82) is 0 Å². The second-order valence-electron chi connectivity index (χ2n) is 19.0. The summed E-state index contributed by atoms with van der Waals surface area (Å²) in [6.45, 7) is 2.37. The molecule has 0 saturated carbocycles. The van der Waals surface area contributed by atoms with Gasteiger partial charge in [0.15, 0.2) is 23.3 Å². The zero-order valence-corrected chi connectivity index (χ0v) is 46.2. The number of ether oxygens (including phenoxy) is 4. The zero-order chi connectivity index (χ0) is 52.1. The van der Waals surface area contributed by atoms with Crippen molar-refractivity contribution in [2.24, 2.45) is 28.2 Å². The number of nitrogens with zero attached hydrogens (tertiary/aromatic N) is 10. The van der Waals surface area contributed by atoms with E-state index in [1.165, 1.54) is 0 Å². The lowest BCUT2D eigenvalue weighted by Crippen LogP contribution is -2.03. The number of rotatable bonds is 22. The number of hydrogen-bond acceptors (Lipinski definition) is 10. The highest BCUT2D eigenvalue weighted by molar-refractivity contribution is 9.11. The van der Waals surface area contributed by atoms with Crippen LogP contribution in [0.1, 0.15) is 51.4 Å². The lowest BCUT2D eigenvalue weighted by Gasteiger charge is -2.13. The molecule has 16 heteroatoms. The topological polar surface area (TPSA) is 134 Å². The van der Waals surface area contributed by atoms with Crippen LogP contribution in [0, 0.1) is 0 Å². The fourth-order valence-corrected chi connectivity index (χ4v) is 10.6. The van der Waals surface area contributed by atoms with Crippen molar-refractivity contribution in [1.82, 2.24) is 48.2 Å². The van der Waals surface area contributed by atoms with Crippen molar-refractivity contribution >= 4 is 76.0 Å². The fraction of sp³-hybridized carbons (Fsp3) is 0.267. The average Bonchev–Trinajstić information content (AvgIpc) is 4.19. The molecule has 0 fully saturated rings. The fourth-order valence-electron chi connectivity index (χ4n) is 9.73. The standard InChI is InChI=1S/C60H58Br2N10O4/c1-69-51-25-13-9-21-43(51)65-57(69)47-33-39(34-48(63-47)58-66-44-22-10-14-26-52(44)70(58)2)73-29-17-5-7-19-31-75-55-37-42(62)56(38-41(55)61)76-32-20-8-6-18-30-74-40-35-49(59-67-45-23-11-15-27-53(45)71(59)3)64-50(36-40)60-68-46-24-12-16-28-54(46)72(60)4/h9-16,21-28,33-38H,5-8,17-20,29-32H2,1-4H3. The van der Waals surface area contributed by atoms with Gasteiger partial charge in [-0.2, -0.15) is 0 Å². The second-order valence-corrected chi connectivity index (χ2v) is 20.7. The number of aryl methyl sites for hydroxylation is 4.